The van der Waals surface area contributed by atoms with Crippen LogP contribution in [0.3, 0.4) is 0 Å². The highest BCUT2D eigenvalue weighted by atomic mass is 127. The van der Waals surface area contributed by atoms with Crippen molar-refractivity contribution >= 4 is 45.9 Å². The number of carbonyl (C=O) groups excluding carboxylic acids is 1. The van der Waals surface area contributed by atoms with Crippen LogP contribution >= 0.6 is 24.0 Å². The number of benzene rings is 2. The van der Waals surface area contributed by atoms with Gasteiger partial charge in [-0.15, -0.1) is 24.0 Å². The van der Waals surface area contributed by atoms with E-state index in [9.17, 15) is 13.2 Å². The average Bonchev–Trinajstić information content (AvgIpc) is 3.24. The molecule has 8 nitrogen and oxygen atoms in total. The number of nitrogens with two attached hydrogens (primary N) is 1. The molecule has 0 aromatic heterocycles. The summed E-state index contributed by atoms with van der Waals surface area (Å²) in [5.41, 5.74) is 2.15. The van der Waals surface area contributed by atoms with Crippen LogP contribution in [0.4, 0.5) is 0 Å². The summed E-state index contributed by atoms with van der Waals surface area (Å²) in [6.07, 6.45) is 1.01. The molecule has 3 N–H and O–H groups in total. The maximum Gasteiger partial charge on any atom is 0.241 e. The van der Waals surface area contributed by atoms with Crippen LogP contribution in [-0.2, 0) is 21.4 Å². The van der Waals surface area contributed by atoms with Gasteiger partial charge in [0, 0.05) is 33.1 Å². The van der Waals surface area contributed by atoms with Crippen molar-refractivity contribution in [2.45, 2.75) is 23.8 Å². The molecule has 0 spiro atoms. The van der Waals surface area contributed by atoms with Gasteiger partial charge in [0.25, 0.3) is 0 Å². The average molecular weight is 571 g/mol. The molecule has 2 aromatic carbocycles. The van der Waals surface area contributed by atoms with Crippen LogP contribution in [0.2, 0.25) is 0 Å². The first-order valence-corrected chi connectivity index (χ1v) is 11.7. The zero-order chi connectivity index (χ0) is 22.4. The van der Waals surface area contributed by atoms with E-state index in [1.807, 2.05) is 18.2 Å². The molecule has 2 aromatic rings. The van der Waals surface area contributed by atoms with Gasteiger partial charge in [-0.2, -0.15) is 0 Å². The van der Waals surface area contributed by atoms with Crippen molar-refractivity contribution < 1.29 is 13.2 Å². The van der Waals surface area contributed by atoms with Gasteiger partial charge in [0.2, 0.25) is 15.9 Å². The Labute approximate surface area is 207 Å². The summed E-state index contributed by atoms with van der Waals surface area (Å²) >= 11 is 0. The summed E-state index contributed by atoms with van der Waals surface area (Å²) < 4.78 is 22.9. The minimum atomic E-state index is -3.72. The molecule has 32 heavy (non-hydrogen) atoms. The van der Waals surface area contributed by atoms with E-state index in [-0.39, 0.29) is 41.3 Å². The van der Waals surface area contributed by atoms with Crippen LogP contribution in [0, 0.1) is 0 Å². The zero-order valence-electron chi connectivity index (χ0n) is 18.3. The summed E-state index contributed by atoms with van der Waals surface area (Å²) in [7, 11) is -0.286. The van der Waals surface area contributed by atoms with Gasteiger partial charge in [-0.3, -0.25) is 4.79 Å². The largest absolute Gasteiger partial charge is 0.347 e. The topological polar surface area (TPSA) is 108 Å². The zero-order valence-corrected chi connectivity index (χ0v) is 21.4. The normalized spacial score (nSPS) is 16.4. The molecule has 1 atom stereocenters. The fraction of sp³-hybridized carbons (Fsp3) is 0.364. The smallest absolute Gasteiger partial charge is 0.241 e. The van der Waals surface area contributed by atoms with E-state index >= 15 is 0 Å². The number of guanidine groups is 1. The molecular weight excluding hydrogens is 541 g/mol. The third-order valence-electron chi connectivity index (χ3n) is 5.32. The molecule has 3 rings (SSSR count). The van der Waals surface area contributed by atoms with Crippen LogP contribution < -0.4 is 10.5 Å². The number of hydrogen-bond donors (Lipinski definition) is 2. The summed E-state index contributed by atoms with van der Waals surface area (Å²) in [6, 6.07) is 16.7. The maximum absolute atomic E-state index is 12.1. The van der Waals surface area contributed by atoms with Crippen LogP contribution in [-0.4, -0.2) is 63.8 Å². The number of halogens is 1. The number of aliphatic imine (C=N–C) groups is 1. The molecule has 1 fully saturated rings. The van der Waals surface area contributed by atoms with E-state index in [2.05, 4.69) is 22.3 Å². The number of likely N-dealkylation sites (tertiary alicyclic amines) is 1. The maximum atomic E-state index is 12.1. The fourth-order valence-corrected chi connectivity index (χ4v) is 4.00. The Balaban J connectivity index is 0.00000363. The molecule has 0 saturated carbocycles. The van der Waals surface area contributed by atoms with Crippen molar-refractivity contribution in [1.82, 2.24) is 15.1 Å². The molecule has 0 aliphatic carbocycles. The van der Waals surface area contributed by atoms with Crippen molar-refractivity contribution in [3.05, 3.63) is 65.7 Å². The van der Waals surface area contributed by atoms with Crippen molar-refractivity contribution in [2.75, 3.05) is 33.7 Å². The Bertz CT molecular complexity index is 1030. The van der Waals surface area contributed by atoms with E-state index in [1.165, 1.54) is 22.6 Å². The highest BCUT2D eigenvalue weighted by Gasteiger charge is 2.26. The lowest BCUT2D eigenvalue weighted by Crippen LogP contribution is -2.44. The van der Waals surface area contributed by atoms with Gasteiger partial charge in [0.15, 0.2) is 5.96 Å². The standard InChI is InChI=1S/C22H29N5O3S.HI/c1-26(2)21(28)15-25-22(24-14-17-8-10-20(11-9-17)31(23,29)30)27-13-12-19(16-27)18-6-4-3-5-7-18;/h3-11,19H,12-16H2,1-2H3,(H,24,25)(H2,23,29,30);1H. The fourth-order valence-electron chi connectivity index (χ4n) is 3.48. The van der Waals surface area contributed by atoms with Gasteiger partial charge in [0.05, 0.1) is 18.0 Å². The van der Waals surface area contributed by atoms with Crippen molar-refractivity contribution in [1.29, 1.82) is 0 Å². The Morgan fingerprint density at radius 1 is 1.16 bits per heavy atom. The molecule has 174 valence electrons. The van der Waals surface area contributed by atoms with E-state index in [1.54, 1.807) is 26.2 Å². The lowest BCUT2D eigenvalue weighted by atomic mass is 9.99. The summed E-state index contributed by atoms with van der Waals surface area (Å²) in [6.45, 7) is 2.17. The van der Waals surface area contributed by atoms with E-state index in [0.717, 1.165) is 25.1 Å². The number of carbonyl (C=O) groups is 1. The molecule has 1 saturated heterocycles. The van der Waals surface area contributed by atoms with Crippen LogP contribution in [0.25, 0.3) is 0 Å². The first-order chi connectivity index (χ1) is 14.7. The first kappa shape index (κ1) is 26.1. The summed E-state index contributed by atoms with van der Waals surface area (Å²) in [5, 5.41) is 8.35. The number of sulfonamides is 1. The van der Waals surface area contributed by atoms with Gasteiger partial charge in [0.1, 0.15) is 0 Å². The molecule has 1 aliphatic heterocycles. The van der Waals surface area contributed by atoms with Gasteiger partial charge in [-0.25, -0.2) is 18.5 Å². The highest BCUT2D eigenvalue weighted by molar-refractivity contribution is 14.0. The Morgan fingerprint density at radius 3 is 2.41 bits per heavy atom. The third kappa shape index (κ3) is 7.17. The predicted octanol–water partition coefficient (Wildman–Crippen LogP) is 1.98. The SMILES string of the molecule is CN(C)C(=O)CNC(=NCc1ccc(S(N)(=O)=O)cc1)N1CCC(c2ccccc2)C1.I. The monoisotopic (exact) mass is 571 g/mol. The number of nitrogens with zero attached hydrogens (tertiary/aromatic N) is 3. The third-order valence-corrected chi connectivity index (χ3v) is 6.25. The minimum Gasteiger partial charge on any atom is -0.347 e. The lowest BCUT2D eigenvalue weighted by molar-refractivity contribution is -0.127. The number of rotatable bonds is 6. The summed E-state index contributed by atoms with van der Waals surface area (Å²) in [4.78, 5) is 20.6. The number of likely N-dealkylation sites (N-methyl/N-ethyl adjacent to an activating group) is 1. The quantitative estimate of drug-likeness (QED) is 0.313. The van der Waals surface area contributed by atoms with Crippen molar-refractivity contribution in [3.8, 4) is 0 Å². The second kappa shape index (κ2) is 11.6. The second-order valence-corrected chi connectivity index (χ2v) is 9.37. The molecule has 1 amide bonds. The molecule has 1 heterocycles. The lowest BCUT2D eigenvalue weighted by Gasteiger charge is -2.23. The minimum absolute atomic E-state index is 0. The first-order valence-electron chi connectivity index (χ1n) is 10.1. The van der Waals surface area contributed by atoms with Crippen molar-refractivity contribution in [2.24, 2.45) is 10.1 Å². The summed E-state index contributed by atoms with van der Waals surface area (Å²) in [5.74, 6) is 1.04. The van der Waals surface area contributed by atoms with Gasteiger partial charge < -0.3 is 15.1 Å². The van der Waals surface area contributed by atoms with E-state index in [0.29, 0.717) is 18.4 Å². The number of hydrogen-bond acceptors (Lipinski definition) is 4. The number of nitrogens with one attached hydrogen (secondary N) is 1. The van der Waals surface area contributed by atoms with Crippen LogP contribution in [0.1, 0.15) is 23.5 Å². The Kier molecular flexibility index (Phi) is 9.47. The molecule has 1 aliphatic rings. The predicted molar refractivity (Wildman–Crippen MR) is 136 cm³/mol. The van der Waals surface area contributed by atoms with Gasteiger partial charge >= 0.3 is 0 Å². The highest BCUT2D eigenvalue weighted by Crippen LogP contribution is 2.27. The molecule has 10 heteroatoms. The second-order valence-electron chi connectivity index (χ2n) is 7.81. The Morgan fingerprint density at radius 2 is 1.81 bits per heavy atom. The van der Waals surface area contributed by atoms with Crippen molar-refractivity contribution in [3.63, 3.8) is 0 Å². The van der Waals surface area contributed by atoms with E-state index < -0.39 is 10.0 Å². The Hall–Kier alpha value is -2.18. The molecule has 0 bridgehead atoms. The molecular formula is C22H30IN5O3S. The van der Waals surface area contributed by atoms with Gasteiger partial charge in [-0.05, 0) is 29.7 Å². The van der Waals surface area contributed by atoms with Crippen LogP contribution in [0.15, 0.2) is 64.5 Å². The van der Waals surface area contributed by atoms with Crippen LogP contribution in [0.5, 0.6) is 0 Å². The van der Waals surface area contributed by atoms with Gasteiger partial charge in [-0.1, -0.05) is 42.5 Å². The number of amides is 1. The molecule has 0 radical (unpaired) electrons. The van der Waals surface area contributed by atoms with E-state index in [4.69, 9.17) is 10.1 Å². The number of primary sulfonamides is 1. The molecule has 1 unspecified atom stereocenters.